The van der Waals surface area contributed by atoms with Gasteiger partial charge >= 0.3 is 0 Å². The second-order valence-electron chi connectivity index (χ2n) is 7.01. The fourth-order valence-corrected chi connectivity index (χ4v) is 2.68. The fourth-order valence-electron chi connectivity index (χ4n) is 2.68. The molecule has 1 heterocycles. The van der Waals surface area contributed by atoms with Gasteiger partial charge < -0.3 is 9.47 Å². The molecule has 106 valence electrons. The lowest BCUT2D eigenvalue weighted by Gasteiger charge is -2.49. The Morgan fingerprint density at radius 1 is 1.28 bits per heavy atom. The molecule has 0 saturated carbocycles. The summed E-state index contributed by atoms with van der Waals surface area (Å²) in [5, 5.41) is 0. The first kappa shape index (κ1) is 15.7. The Hall–Kier alpha value is -0.340. The molecule has 0 aliphatic carbocycles. The molecule has 0 unspecified atom stereocenters. The highest BCUT2D eigenvalue weighted by atomic mass is 16.7. The molecule has 1 rings (SSSR count). The van der Waals surface area contributed by atoms with E-state index in [-0.39, 0.29) is 11.5 Å². The third-order valence-corrected chi connectivity index (χ3v) is 3.65. The summed E-state index contributed by atoms with van der Waals surface area (Å²) in [6.07, 6.45) is 4.46. The van der Waals surface area contributed by atoms with E-state index in [0.29, 0.717) is 5.92 Å². The van der Waals surface area contributed by atoms with Crippen LogP contribution in [0.5, 0.6) is 0 Å². The number of allylic oxidation sites excluding steroid dienone is 2. The van der Waals surface area contributed by atoms with E-state index in [9.17, 15) is 0 Å². The summed E-state index contributed by atoms with van der Waals surface area (Å²) in [6.45, 7) is 16.0. The SMILES string of the molecule is CC(C)=CCC[C@@]1(C)OCC(C)(C)[C@@H](C(C)C)O1. The molecule has 2 heteroatoms. The zero-order chi connectivity index (χ0) is 14.0. The van der Waals surface area contributed by atoms with Crippen molar-refractivity contribution in [3.05, 3.63) is 11.6 Å². The van der Waals surface area contributed by atoms with E-state index in [4.69, 9.17) is 9.47 Å². The van der Waals surface area contributed by atoms with Gasteiger partial charge in [-0.1, -0.05) is 39.3 Å². The average Bonchev–Trinajstić information content (AvgIpc) is 2.21. The van der Waals surface area contributed by atoms with Crippen LogP contribution in [0.4, 0.5) is 0 Å². The highest BCUT2D eigenvalue weighted by Gasteiger charge is 2.44. The van der Waals surface area contributed by atoms with Crippen molar-refractivity contribution in [2.24, 2.45) is 11.3 Å². The first-order chi connectivity index (χ1) is 8.16. The van der Waals surface area contributed by atoms with Crippen molar-refractivity contribution >= 4 is 0 Å². The van der Waals surface area contributed by atoms with Crippen LogP contribution >= 0.6 is 0 Å². The van der Waals surface area contributed by atoms with Crippen LogP contribution in [0, 0.1) is 11.3 Å². The van der Waals surface area contributed by atoms with Gasteiger partial charge in [-0.25, -0.2) is 0 Å². The lowest BCUT2D eigenvalue weighted by molar-refractivity contribution is -0.330. The normalized spacial score (nSPS) is 31.4. The second kappa shape index (κ2) is 5.75. The van der Waals surface area contributed by atoms with Gasteiger partial charge in [-0.15, -0.1) is 0 Å². The van der Waals surface area contributed by atoms with E-state index in [2.05, 4.69) is 54.5 Å². The average molecular weight is 254 g/mol. The molecule has 0 amide bonds. The van der Waals surface area contributed by atoms with Crippen molar-refractivity contribution in [3.8, 4) is 0 Å². The van der Waals surface area contributed by atoms with Crippen molar-refractivity contribution in [1.29, 1.82) is 0 Å². The van der Waals surface area contributed by atoms with Crippen molar-refractivity contribution in [3.63, 3.8) is 0 Å². The van der Waals surface area contributed by atoms with Crippen LogP contribution in [0.3, 0.4) is 0 Å². The Balaban J connectivity index is 2.66. The molecule has 0 aromatic carbocycles. The van der Waals surface area contributed by atoms with Crippen LogP contribution < -0.4 is 0 Å². The zero-order valence-corrected chi connectivity index (χ0v) is 13.2. The van der Waals surface area contributed by atoms with E-state index in [1.165, 1.54) is 5.57 Å². The largest absolute Gasteiger partial charge is 0.350 e. The fraction of sp³-hybridized carbons (Fsp3) is 0.875. The summed E-state index contributed by atoms with van der Waals surface area (Å²) in [5.74, 6) is 0.0998. The van der Waals surface area contributed by atoms with Gasteiger partial charge in [-0.3, -0.25) is 0 Å². The second-order valence-corrected chi connectivity index (χ2v) is 7.01. The van der Waals surface area contributed by atoms with Gasteiger partial charge in [0.05, 0.1) is 12.7 Å². The first-order valence-electron chi connectivity index (χ1n) is 7.11. The van der Waals surface area contributed by atoms with Crippen LogP contribution in [0.1, 0.15) is 61.3 Å². The molecule has 0 aromatic rings. The van der Waals surface area contributed by atoms with Crippen molar-refractivity contribution in [2.75, 3.05) is 6.61 Å². The van der Waals surface area contributed by atoms with Crippen LogP contribution in [-0.4, -0.2) is 18.5 Å². The number of ether oxygens (including phenoxy) is 2. The van der Waals surface area contributed by atoms with Gasteiger partial charge in [0, 0.05) is 11.8 Å². The summed E-state index contributed by atoms with van der Waals surface area (Å²) in [4.78, 5) is 0. The maximum atomic E-state index is 6.28. The molecule has 1 aliphatic rings. The van der Waals surface area contributed by atoms with Gasteiger partial charge in [-0.2, -0.15) is 0 Å². The Kier molecular flexibility index (Phi) is 5.02. The number of hydrogen-bond acceptors (Lipinski definition) is 2. The molecule has 0 radical (unpaired) electrons. The van der Waals surface area contributed by atoms with E-state index in [1.54, 1.807) is 0 Å². The predicted molar refractivity (Wildman–Crippen MR) is 76.5 cm³/mol. The topological polar surface area (TPSA) is 18.5 Å². The number of hydrogen-bond donors (Lipinski definition) is 0. The maximum Gasteiger partial charge on any atom is 0.166 e. The molecule has 0 aromatic heterocycles. The maximum absolute atomic E-state index is 6.28. The quantitative estimate of drug-likeness (QED) is 0.685. The highest BCUT2D eigenvalue weighted by molar-refractivity contribution is 4.94. The third kappa shape index (κ3) is 4.10. The zero-order valence-electron chi connectivity index (χ0n) is 13.2. The smallest absolute Gasteiger partial charge is 0.166 e. The van der Waals surface area contributed by atoms with Gasteiger partial charge in [0.2, 0.25) is 0 Å². The Labute approximate surface area is 113 Å². The molecule has 18 heavy (non-hydrogen) atoms. The highest BCUT2D eigenvalue weighted by Crippen LogP contribution is 2.40. The standard InChI is InChI=1S/C16H30O2/c1-12(2)9-8-10-16(7)17-11-15(5,6)14(18-16)13(3)4/h9,13-14H,8,10-11H2,1-7H3/t14-,16+/m1/s1. The van der Waals surface area contributed by atoms with Gasteiger partial charge in [0.1, 0.15) is 0 Å². The summed E-state index contributed by atoms with van der Waals surface area (Å²) in [5.41, 5.74) is 1.46. The van der Waals surface area contributed by atoms with Crippen LogP contribution in [0.15, 0.2) is 11.6 Å². The molecule has 0 N–H and O–H groups in total. The molecular weight excluding hydrogens is 224 g/mol. The Bertz CT molecular complexity index is 300. The molecule has 1 aliphatic heterocycles. The van der Waals surface area contributed by atoms with Crippen molar-refractivity contribution < 1.29 is 9.47 Å². The monoisotopic (exact) mass is 254 g/mol. The van der Waals surface area contributed by atoms with E-state index in [0.717, 1.165) is 19.4 Å². The Morgan fingerprint density at radius 3 is 2.39 bits per heavy atom. The third-order valence-electron chi connectivity index (χ3n) is 3.65. The lowest BCUT2D eigenvalue weighted by Crippen LogP contribution is -2.53. The van der Waals surface area contributed by atoms with Crippen LogP contribution in [0.2, 0.25) is 0 Å². The van der Waals surface area contributed by atoms with E-state index >= 15 is 0 Å². The van der Waals surface area contributed by atoms with Gasteiger partial charge in [-0.05, 0) is 33.1 Å². The molecule has 1 saturated heterocycles. The minimum Gasteiger partial charge on any atom is -0.350 e. The van der Waals surface area contributed by atoms with E-state index in [1.807, 2.05) is 0 Å². The molecule has 0 bridgehead atoms. The predicted octanol–water partition coefficient (Wildman–Crippen LogP) is 4.55. The van der Waals surface area contributed by atoms with Gasteiger partial charge in [0.15, 0.2) is 5.79 Å². The first-order valence-corrected chi connectivity index (χ1v) is 7.11. The van der Waals surface area contributed by atoms with Crippen LogP contribution in [-0.2, 0) is 9.47 Å². The van der Waals surface area contributed by atoms with Crippen molar-refractivity contribution in [2.45, 2.75) is 73.2 Å². The summed E-state index contributed by atoms with van der Waals surface area (Å²) in [7, 11) is 0. The van der Waals surface area contributed by atoms with E-state index < -0.39 is 5.79 Å². The minimum atomic E-state index is -0.420. The molecule has 2 atom stereocenters. The summed E-state index contributed by atoms with van der Waals surface area (Å²) in [6, 6.07) is 0. The summed E-state index contributed by atoms with van der Waals surface area (Å²) < 4.78 is 12.3. The summed E-state index contributed by atoms with van der Waals surface area (Å²) >= 11 is 0. The van der Waals surface area contributed by atoms with Crippen LogP contribution in [0.25, 0.3) is 0 Å². The molecule has 0 spiro atoms. The molecular formula is C16H30O2. The molecule has 1 fully saturated rings. The van der Waals surface area contributed by atoms with Crippen molar-refractivity contribution in [1.82, 2.24) is 0 Å². The minimum absolute atomic E-state index is 0.101. The Morgan fingerprint density at radius 2 is 1.89 bits per heavy atom. The van der Waals surface area contributed by atoms with Gasteiger partial charge in [0.25, 0.3) is 0 Å². The molecule has 2 nitrogen and oxygen atoms in total. The lowest BCUT2D eigenvalue weighted by atomic mass is 9.80. The number of rotatable bonds is 4.